The van der Waals surface area contributed by atoms with Gasteiger partial charge in [-0.05, 0) is 6.92 Å². The average Bonchev–Trinajstić information content (AvgIpc) is 2.64. The van der Waals surface area contributed by atoms with E-state index in [1.807, 2.05) is 4.98 Å². The van der Waals surface area contributed by atoms with E-state index >= 15 is 0 Å². The minimum atomic E-state index is -1.71. The maximum Gasteiger partial charge on any atom is 0.330 e. The number of nitrogens with one attached hydrogen (secondary N) is 1. The number of aliphatic hydroxyl groups excluding tert-OH is 3. The molecular formula is C11H13N3O6. The first-order valence-electron chi connectivity index (χ1n) is 5.76. The van der Waals surface area contributed by atoms with Gasteiger partial charge in [0.25, 0.3) is 5.56 Å². The summed E-state index contributed by atoms with van der Waals surface area (Å²) >= 11 is 0. The Hall–Kier alpha value is -1.99. The summed E-state index contributed by atoms with van der Waals surface area (Å²) in [5, 5.41) is 37.6. The molecule has 2 heterocycles. The monoisotopic (exact) mass is 283 g/mol. The van der Waals surface area contributed by atoms with Crippen LogP contribution in [0.1, 0.15) is 12.5 Å². The Kier molecular flexibility index (Phi) is 3.49. The van der Waals surface area contributed by atoms with Gasteiger partial charge in [-0.1, -0.05) is 0 Å². The molecule has 20 heavy (non-hydrogen) atoms. The highest BCUT2D eigenvalue weighted by atomic mass is 16.6. The van der Waals surface area contributed by atoms with Crippen LogP contribution in [-0.4, -0.2) is 49.8 Å². The molecule has 1 fully saturated rings. The molecule has 0 amide bonds. The van der Waals surface area contributed by atoms with Gasteiger partial charge in [-0.25, -0.2) is 4.79 Å². The number of aliphatic hydroxyl groups is 3. The van der Waals surface area contributed by atoms with Gasteiger partial charge in [0.05, 0.1) is 6.61 Å². The number of ether oxygens (including phenoxy) is 1. The topological polar surface area (TPSA) is 149 Å². The van der Waals surface area contributed by atoms with Crippen LogP contribution in [0.5, 0.6) is 0 Å². The maximum absolute atomic E-state index is 11.8. The molecule has 0 aromatic carbocycles. The molecule has 1 aliphatic rings. The molecule has 108 valence electrons. The summed E-state index contributed by atoms with van der Waals surface area (Å²) in [5.41, 5.74) is -3.81. The van der Waals surface area contributed by atoms with E-state index in [0.717, 1.165) is 10.8 Å². The molecule has 1 aliphatic heterocycles. The molecule has 9 nitrogen and oxygen atoms in total. The molecule has 0 bridgehead atoms. The molecule has 1 aromatic heterocycles. The predicted octanol–water partition coefficient (Wildman–Crippen LogP) is -2.81. The normalized spacial score (nSPS) is 33.0. The van der Waals surface area contributed by atoms with E-state index < -0.39 is 41.9 Å². The number of aromatic amines is 1. The highest BCUT2D eigenvalue weighted by Crippen LogP contribution is 2.34. The SMILES string of the molecule is C[C@@]1(n2cc(C#N)c(=O)[nH]c2=O)O[C@H](CO)[C@@H](O)[C@H]1O. The fourth-order valence-electron chi connectivity index (χ4n) is 2.19. The van der Waals surface area contributed by atoms with E-state index in [1.165, 1.54) is 6.92 Å². The standard InChI is InChI=1S/C11H13N3O6/c1-11(8(17)7(16)6(4-15)20-11)14-3-5(2-12)9(18)13-10(14)19/h3,6-8,15-17H,4H2,1H3,(H,13,18,19)/t6-,7-,8-,11-/m1/s1. The molecular weight excluding hydrogens is 270 g/mol. The van der Waals surface area contributed by atoms with Crippen LogP contribution in [0.2, 0.25) is 0 Å². The van der Waals surface area contributed by atoms with Crippen molar-refractivity contribution in [3.63, 3.8) is 0 Å². The molecule has 9 heteroatoms. The lowest BCUT2D eigenvalue weighted by Gasteiger charge is -2.29. The number of aromatic nitrogens is 2. The van der Waals surface area contributed by atoms with Gasteiger partial charge in [0.2, 0.25) is 0 Å². The molecule has 0 unspecified atom stereocenters. The number of nitriles is 1. The van der Waals surface area contributed by atoms with Gasteiger partial charge in [0.15, 0.2) is 5.72 Å². The van der Waals surface area contributed by atoms with Crippen molar-refractivity contribution in [1.29, 1.82) is 5.26 Å². The van der Waals surface area contributed by atoms with E-state index in [-0.39, 0.29) is 5.56 Å². The van der Waals surface area contributed by atoms with Crippen molar-refractivity contribution in [2.45, 2.75) is 31.0 Å². The van der Waals surface area contributed by atoms with Crippen LogP contribution >= 0.6 is 0 Å². The largest absolute Gasteiger partial charge is 0.394 e. The van der Waals surface area contributed by atoms with E-state index in [1.54, 1.807) is 6.07 Å². The summed E-state index contributed by atoms with van der Waals surface area (Å²) in [6.07, 6.45) is -3.07. The highest BCUT2D eigenvalue weighted by Gasteiger charge is 2.52. The van der Waals surface area contributed by atoms with Crippen molar-refractivity contribution in [2.75, 3.05) is 6.61 Å². The van der Waals surface area contributed by atoms with Gasteiger partial charge in [-0.3, -0.25) is 14.3 Å². The molecule has 0 radical (unpaired) electrons. The summed E-state index contributed by atoms with van der Waals surface area (Å²) in [7, 11) is 0. The van der Waals surface area contributed by atoms with E-state index in [0.29, 0.717) is 0 Å². The van der Waals surface area contributed by atoms with E-state index in [9.17, 15) is 19.8 Å². The Bertz CT molecular complexity index is 674. The summed E-state index contributed by atoms with van der Waals surface area (Å²) in [4.78, 5) is 25.1. The van der Waals surface area contributed by atoms with Crippen LogP contribution < -0.4 is 11.2 Å². The molecule has 4 atom stereocenters. The Morgan fingerprint density at radius 1 is 1.55 bits per heavy atom. The summed E-state index contributed by atoms with van der Waals surface area (Å²) in [6.45, 7) is 0.744. The number of hydrogen-bond acceptors (Lipinski definition) is 7. The van der Waals surface area contributed by atoms with E-state index in [2.05, 4.69) is 0 Å². The van der Waals surface area contributed by atoms with Gasteiger partial charge < -0.3 is 20.1 Å². The first kappa shape index (κ1) is 14.4. The second kappa shape index (κ2) is 4.84. The smallest absolute Gasteiger partial charge is 0.330 e. The Labute approximate surface area is 112 Å². The van der Waals surface area contributed by atoms with Crippen molar-refractivity contribution in [3.05, 3.63) is 32.6 Å². The average molecular weight is 283 g/mol. The second-order valence-corrected chi connectivity index (χ2v) is 4.61. The summed E-state index contributed by atoms with van der Waals surface area (Å²) in [5.74, 6) is 0. The van der Waals surface area contributed by atoms with Crippen molar-refractivity contribution in [3.8, 4) is 6.07 Å². The molecule has 0 spiro atoms. The Morgan fingerprint density at radius 3 is 2.70 bits per heavy atom. The molecule has 1 aromatic rings. The Balaban J connectivity index is 2.60. The zero-order valence-electron chi connectivity index (χ0n) is 10.5. The molecule has 2 rings (SSSR count). The van der Waals surface area contributed by atoms with Crippen LogP contribution in [0.25, 0.3) is 0 Å². The third kappa shape index (κ3) is 1.95. The van der Waals surface area contributed by atoms with Crippen LogP contribution in [0.15, 0.2) is 15.8 Å². The van der Waals surface area contributed by atoms with Gasteiger partial charge in [-0.2, -0.15) is 5.26 Å². The van der Waals surface area contributed by atoms with Crippen molar-refractivity contribution >= 4 is 0 Å². The molecule has 1 saturated heterocycles. The lowest BCUT2D eigenvalue weighted by Crippen LogP contribution is -2.50. The Morgan fingerprint density at radius 2 is 2.20 bits per heavy atom. The third-order valence-electron chi connectivity index (χ3n) is 3.36. The molecule has 0 saturated carbocycles. The van der Waals surface area contributed by atoms with Crippen LogP contribution in [0, 0.1) is 11.3 Å². The predicted molar refractivity (Wildman–Crippen MR) is 63.7 cm³/mol. The van der Waals surface area contributed by atoms with Crippen LogP contribution in [0.4, 0.5) is 0 Å². The number of H-pyrrole nitrogens is 1. The van der Waals surface area contributed by atoms with Crippen molar-refractivity contribution in [1.82, 2.24) is 9.55 Å². The van der Waals surface area contributed by atoms with Crippen molar-refractivity contribution < 1.29 is 20.1 Å². The van der Waals surface area contributed by atoms with E-state index in [4.69, 9.17) is 15.1 Å². The highest BCUT2D eigenvalue weighted by molar-refractivity contribution is 5.22. The number of nitrogens with zero attached hydrogens (tertiary/aromatic N) is 2. The van der Waals surface area contributed by atoms with Crippen molar-refractivity contribution in [2.24, 2.45) is 0 Å². The minimum absolute atomic E-state index is 0.344. The molecule has 4 N–H and O–H groups in total. The molecule has 0 aliphatic carbocycles. The van der Waals surface area contributed by atoms with Gasteiger partial charge in [0, 0.05) is 6.20 Å². The fraction of sp³-hybridized carbons (Fsp3) is 0.545. The zero-order valence-corrected chi connectivity index (χ0v) is 10.5. The quantitative estimate of drug-likeness (QED) is 0.458. The zero-order chi connectivity index (χ0) is 15.1. The lowest BCUT2D eigenvalue weighted by atomic mass is 10.0. The first-order chi connectivity index (χ1) is 9.35. The maximum atomic E-state index is 11.8. The third-order valence-corrected chi connectivity index (χ3v) is 3.36. The van der Waals surface area contributed by atoms with Gasteiger partial charge >= 0.3 is 5.69 Å². The minimum Gasteiger partial charge on any atom is -0.394 e. The van der Waals surface area contributed by atoms with Crippen LogP contribution in [0.3, 0.4) is 0 Å². The lowest BCUT2D eigenvalue weighted by molar-refractivity contribution is -0.137. The fourth-order valence-corrected chi connectivity index (χ4v) is 2.19. The second-order valence-electron chi connectivity index (χ2n) is 4.61. The van der Waals surface area contributed by atoms with Gasteiger partial charge in [-0.15, -0.1) is 0 Å². The number of rotatable bonds is 2. The summed E-state index contributed by atoms with van der Waals surface area (Å²) < 4.78 is 6.13. The summed E-state index contributed by atoms with van der Waals surface area (Å²) in [6, 6.07) is 1.60. The number of hydrogen-bond donors (Lipinski definition) is 4. The van der Waals surface area contributed by atoms with Crippen LogP contribution in [-0.2, 0) is 10.5 Å². The van der Waals surface area contributed by atoms with Gasteiger partial charge in [0.1, 0.15) is 29.9 Å². The first-order valence-corrected chi connectivity index (χ1v) is 5.76.